The molecule has 0 spiro atoms. The van der Waals surface area contributed by atoms with Crippen molar-refractivity contribution < 1.29 is 14.6 Å². The molecule has 8 nitrogen and oxygen atoms in total. The molecule has 1 aromatic carbocycles. The molecule has 0 bridgehead atoms. The lowest BCUT2D eigenvalue weighted by Crippen LogP contribution is -1.99. The minimum Gasteiger partial charge on any atom is -0.476 e. The number of ether oxygens (including phenoxy) is 1. The Kier molecular flexibility index (Phi) is 3.76. The number of H-pyrrole nitrogens is 1. The molecule has 0 aliphatic carbocycles. The molecule has 23 heavy (non-hydrogen) atoms. The summed E-state index contributed by atoms with van der Waals surface area (Å²) in [5, 5.41) is 22.2. The van der Waals surface area contributed by atoms with E-state index in [2.05, 4.69) is 32.4 Å². The molecule has 0 amide bonds. The van der Waals surface area contributed by atoms with E-state index < -0.39 is 5.97 Å². The summed E-state index contributed by atoms with van der Waals surface area (Å²) < 4.78 is 7.09. The van der Waals surface area contributed by atoms with Crippen molar-refractivity contribution in [2.75, 3.05) is 0 Å². The van der Waals surface area contributed by atoms with Crippen molar-refractivity contribution in [2.45, 2.75) is 0 Å². The molecule has 3 rings (SSSR count). The highest BCUT2D eigenvalue weighted by Gasteiger charge is 2.16. The Balaban J connectivity index is 1.73. The van der Waals surface area contributed by atoms with E-state index in [0.717, 1.165) is 11.1 Å². The first-order chi connectivity index (χ1) is 11.1. The number of carbonyl (C=O) groups is 1. The first kappa shape index (κ1) is 14.3. The number of nitrogens with one attached hydrogen (secondary N) is 1. The van der Waals surface area contributed by atoms with Gasteiger partial charge in [0.1, 0.15) is 5.75 Å². The molecule has 0 aliphatic heterocycles. The average Bonchev–Trinajstić information content (AvgIpc) is 3.15. The van der Waals surface area contributed by atoms with Gasteiger partial charge >= 0.3 is 5.97 Å². The van der Waals surface area contributed by atoms with Crippen molar-refractivity contribution in [3.63, 3.8) is 0 Å². The normalized spacial score (nSPS) is 9.96. The van der Waals surface area contributed by atoms with Crippen molar-refractivity contribution in [3.05, 3.63) is 53.5 Å². The van der Waals surface area contributed by atoms with E-state index in [4.69, 9.17) is 9.84 Å². The molecule has 0 saturated heterocycles. The van der Waals surface area contributed by atoms with Crippen molar-refractivity contribution in [2.24, 2.45) is 7.05 Å². The Morgan fingerprint density at radius 2 is 2.00 bits per heavy atom. The number of aromatic nitrogens is 5. The first-order valence-corrected chi connectivity index (χ1v) is 6.55. The fourth-order valence-electron chi connectivity index (χ4n) is 1.78. The Labute approximate surface area is 130 Å². The van der Waals surface area contributed by atoms with Crippen molar-refractivity contribution >= 4 is 5.97 Å². The molecule has 2 N–H and O–H groups in total. The van der Waals surface area contributed by atoms with Gasteiger partial charge in [-0.25, -0.2) is 9.89 Å². The molecule has 2 aromatic heterocycles. The zero-order chi connectivity index (χ0) is 16.2. The van der Waals surface area contributed by atoms with E-state index in [0.29, 0.717) is 5.75 Å². The molecule has 0 atom stereocenters. The van der Waals surface area contributed by atoms with Crippen LogP contribution in [0.3, 0.4) is 0 Å². The molecule has 0 saturated carbocycles. The van der Waals surface area contributed by atoms with Gasteiger partial charge in [0.2, 0.25) is 5.69 Å². The third kappa shape index (κ3) is 3.36. The number of aryl methyl sites for hydroxylation is 1. The lowest BCUT2D eigenvalue weighted by molar-refractivity contribution is 0.0687. The van der Waals surface area contributed by atoms with Gasteiger partial charge in [-0.15, -0.1) is 5.10 Å². The van der Waals surface area contributed by atoms with Crippen LogP contribution in [0.5, 0.6) is 11.6 Å². The van der Waals surface area contributed by atoms with Gasteiger partial charge in [0.05, 0.1) is 11.8 Å². The van der Waals surface area contributed by atoms with Crippen LogP contribution in [0.4, 0.5) is 0 Å². The summed E-state index contributed by atoms with van der Waals surface area (Å²) in [6.45, 7) is 0. The van der Waals surface area contributed by atoms with E-state index in [1.807, 2.05) is 13.2 Å². The van der Waals surface area contributed by atoms with Crippen LogP contribution in [0.1, 0.15) is 21.6 Å². The predicted molar refractivity (Wildman–Crippen MR) is 79.0 cm³/mol. The number of benzene rings is 1. The summed E-state index contributed by atoms with van der Waals surface area (Å²) >= 11 is 0. The zero-order valence-electron chi connectivity index (χ0n) is 12.0. The lowest BCUT2D eigenvalue weighted by atomic mass is 10.2. The van der Waals surface area contributed by atoms with Crippen molar-refractivity contribution in [3.8, 4) is 23.5 Å². The van der Waals surface area contributed by atoms with Gasteiger partial charge in [0.15, 0.2) is 0 Å². The lowest BCUT2D eigenvalue weighted by Gasteiger charge is -2.02. The van der Waals surface area contributed by atoms with Gasteiger partial charge in [0.25, 0.3) is 5.88 Å². The molecule has 114 valence electrons. The number of carboxylic acid groups (broad SMARTS) is 1. The highest BCUT2D eigenvalue weighted by atomic mass is 16.5. The van der Waals surface area contributed by atoms with Gasteiger partial charge < -0.3 is 9.84 Å². The van der Waals surface area contributed by atoms with Crippen LogP contribution in [0.25, 0.3) is 0 Å². The summed E-state index contributed by atoms with van der Waals surface area (Å²) in [6, 6.07) is 6.89. The number of carboxylic acids is 1. The maximum absolute atomic E-state index is 10.9. The number of nitrogens with zero attached hydrogens (tertiary/aromatic N) is 4. The fraction of sp³-hybridized carbons (Fsp3) is 0.0667. The summed E-state index contributed by atoms with van der Waals surface area (Å²) in [4.78, 5) is 10.9. The quantitative estimate of drug-likeness (QED) is 0.709. The largest absolute Gasteiger partial charge is 0.476 e. The van der Waals surface area contributed by atoms with Crippen LogP contribution in [-0.4, -0.2) is 36.3 Å². The van der Waals surface area contributed by atoms with Gasteiger partial charge in [-0.1, -0.05) is 17.1 Å². The van der Waals surface area contributed by atoms with Gasteiger partial charge in [-0.3, -0.25) is 4.68 Å². The molecular weight excluding hydrogens is 298 g/mol. The molecule has 0 fully saturated rings. The highest BCUT2D eigenvalue weighted by molar-refractivity contribution is 5.87. The zero-order valence-corrected chi connectivity index (χ0v) is 12.0. The summed E-state index contributed by atoms with van der Waals surface area (Å²) in [5.74, 6) is 5.21. The molecular formula is C15H11N5O3. The monoisotopic (exact) mass is 309 g/mol. The maximum atomic E-state index is 10.9. The Hall–Kier alpha value is -3.60. The average molecular weight is 309 g/mol. The maximum Gasteiger partial charge on any atom is 0.362 e. The van der Waals surface area contributed by atoms with Gasteiger partial charge in [0, 0.05) is 18.8 Å². The number of aromatic carboxylic acids is 1. The standard InChI is InChI=1S/C15H11N5O3/c1-20-9-11(8-16-20)3-2-10-4-6-12(7-5-10)23-14-13(15(21)22)17-19-18-14/h4-9H,1H3,(H,21,22)(H,17,18,19). The summed E-state index contributed by atoms with van der Waals surface area (Å²) in [6.07, 6.45) is 3.51. The second kappa shape index (κ2) is 6.03. The number of hydrogen-bond acceptors (Lipinski definition) is 5. The molecule has 3 aromatic rings. The van der Waals surface area contributed by atoms with Gasteiger partial charge in [-0.05, 0) is 24.3 Å². The third-order valence-corrected chi connectivity index (χ3v) is 2.85. The van der Waals surface area contributed by atoms with E-state index in [1.165, 1.54) is 0 Å². The van der Waals surface area contributed by atoms with Crippen molar-refractivity contribution in [1.29, 1.82) is 0 Å². The van der Waals surface area contributed by atoms with Crippen LogP contribution in [0.2, 0.25) is 0 Å². The minimum atomic E-state index is -1.22. The Morgan fingerprint density at radius 3 is 2.65 bits per heavy atom. The summed E-state index contributed by atoms with van der Waals surface area (Å²) in [7, 11) is 1.83. The molecule has 0 aliphatic rings. The number of aromatic amines is 1. The summed E-state index contributed by atoms with van der Waals surface area (Å²) in [5.41, 5.74) is 1.34. The van der Waals surface area contributed by atoms with E-state index in [1.54, 1.807) is 35.1 Å². The number of hydrogen-bond donors (Lipinski definition) is 2. The Morgan fingerprint density at radius 1 is 1.26 bits per heavy atom. The second-order valence-corrected chi connectivity index (χ2v) is 4.57. The molecule has 0 radical (unpaired) electrons. The predicted octanol–water partition coefficient (Wildman–Crippen LogP) is 1.43. The highest BCUT2D eigenvalue weighted by Crippen LogP contribution is 2.21. The molecule has 2 heterocycles. The van der Waals surface area contributed by atoms with E-state index >= 15 is 0 Å². The fourth-order valence-corrected chi connectivity index (χ4v) is 1.78. The number of rotatable bonds is 3. The van der Waals surface area contributed by atoms with E-state index in [-0.39, 0.29) is 11.6 Å². The first-order valence-electron chi connectivity index (χ1n) is 6.55. The topological polar surface area (TPSA) is 106 Å². The minimum absolute atomic E-state index is 0.0216. The molecule has 0 unspecified atom stereocenters. The Bertz CT molecular complexity index is 899. The van der Waals surface area contributed by atoms with Gasteiger partial charge in [-0.2, -0.15) is 5.10 Å². The van der Waals surface area contributed by atoms with Crippen LogP contribution in [0, 0.1) is 11.8 Å². The SMILES string of the molecule is Cn1cc(C#Cc2ccc(Oc3[nH]nnc3C(=O)O)cc2)cn1. The third-order valence-electron chi connectivity index (χ3n) is 2.85. The van der Waals surface area contributed by atoms with Crippen LogP contribution in [0.15, 0.2) is 36.7 Å². The smallest absolute Gasteiger partial charge is 0.362 e. The van der Waals surface area contributed by atoms with Crippen LogP contribution >= 0.6 is 0 Å². The second-order valence-electron chi connectivity index (χ2n) is 4.57. The van der Waals surface area contributed by atoms with Crippen LogP contribution < -0.4 is 4.74 Å². The van der Waals surface area contributed by atoms with Crippen molar-refractivity contribution in [1.82, 2.24) is 25.2 Å². The molecule has 8 heteroatoms. The van der Waals surface area contributed by atoms with Crippen LogP contribution in [-0.2, 0) is 7.05 Å². The van der Waals surface area contributed by atoms with E-state index in [9.17, 15) is 4.79 Å².